The van der Waals surface area contributed by atoms with Gasteiger partial charge < -0.3 is 5.32 Å². The smallest absolute Gasteiger partial charge is 0.321 e. The normalized spacial score (nSPS) is 11.3. The van der Waals surface area contributed by atoms with E-state index in [1.54, 1.807) is 35.4 Å². The second-order valence-electron chi connectivity index (χ2n) is 8.35. The van der Waals surface area contributed by atoms with Crippen LogP contribution in [0.5, 0.6) is 0 Å². The monoisotopic (exact) mass is 500 g/mol. The number of anilines is 1. The van der Waals surface area contributed by atoms with Gasteiger partial charge in [0.1, 0.15) is 12.0 Å². The molecule has 10 heteroatoms. The van der Waals surface area contributed by atoms with E-state index < -0.39 is 17.6 Å². The Morgan fingerprint density at radius 2 is 1.86 bits per heavy atom. The van der Waals surface area contributed by atoms with Gasteiger partial charge in [0.05, 0.1) is 28.5 Å². The van der Waals surface area contributed by atoms with Crippen molar-refractivity contribution >= 4 is 22.6 Å². The first-order valence-corrected chi connectivity index (χ1v) is 11.1. The Hall–Kier alpha value is -4.91. The van der Waals surface area contributed by atoms with E-state index in [2.05, 4.69) is 32.2 Å². The SMILES string of the molecule is Cc1ccc(NC(=O)c2cc(C(F)(F)F)ccn2)cc1C#Cc1ccc2c(c1)ncn2-c1cnn(C)c1. The van der Waals surface area contributed by atoms with Gasteiger partial charge in [0.25, 0.3) is 5.91 Å². The summed E-state index contributed by atoms with van der Waals surface area (Å²) in [5, 5.41) is 6.79. The van der Waals surface area contributed by atoms with E-state index in [0.717, 1.165) is 46.2 Å². The molecule has 37 heavy (non-hydrogen) atoms. The van der Waals surface area contributed by atoms with Gasteiger partial charge in [-0.25, -0.2) is 4.98 Å². The van der Waals surface area contributed by atoms with Gasteiger partial charge in [-0.1, -0.05) is 17.9 Å². The quantitative estimate of drug-likeness (QED) is 0.349. The van der Waals surface area contributed by atoms with E-state index in [9.17, 15) is 18.0 Å². The highest BCUT2D eigenvalue weighted by molar-refractivity contribution is 6.03. The number of nitrogens with one attached hydrogen (secondary N) is 1. The van der Waals surface area contributed by atoms with E-state index in [-0.39, 0.29) is 5.69 Å². The number of carbonyl (C=O) groups excluding carboxylic acids is 1. The topological polar surface area (TPSA) is 77.6 Å². The van der Waals surface area contributed by atoms with Gasteiger partial charge in [-0.05, 0) is 55.0 Å². The Kier molecular flexibility index (Phi) is 5.97. The van der Waals surface area contributed by atoms with Crippen molar-refractivity contribution in [1.82, 2.24) is 24.3 Å². The van der Waals surface area contributed by atoms with Gasteiger partial charge >= 0.3 is 6.18 Å². The molecule has 0 radical (unpaired) electrons. The van der Waals surface area contributed by atoms with E-state index >= 15 is 0 Å². The lowest BCUT2D eigenvalue weighted by Crippen LogP contribution is -2.15. The van der Waals surface area contributed by atoms with Gasteiger partial charge in [-0.3, -0.25) is 19.0 Å². The molecule has 3 heterocycles. The Morgan fingerprint density at radius 3 is 2.62 bits per heavy atom. The predicted octanol–water partition coefficient (Wildman–Crippen LogP) is 5.13. The minimum Gasteiger partial charge on any atom is -0.321 e. The molecular formula is C27H19F3N6O. The molecule has 0 aliphatic heterocycles. The fraction of sp³-hybridized carbons (Fsp3) is 0.111. The van der Waals surface area contributed by atoms with Gasteiger partial charge in [-0.2, -0.15) is 18.3 Å². The molecule has 0 unspecified atom stereocenters. The molecule has 1 N–H and O–H groups in total. The zero-order chi connectivity index (χ0) is 26.2. The lowest BCUT2D eigenvalue weighted by molar-refractivity contribution is -0.137. The molecule has 0 aliphatic carbocycles. The minimum atomic E-state index is -4.56. The first-order chi connectivity index (χ1) is 17.7. The molecule has 0 saturated heterocycles. The summed E-state index contributed by atoms with van der Waals surface area (Å²) in [5.74, 6) is 5.48. The van der Waals surface area contributed by atoms with Crippen LogP contribution in [0.2, 0.25) is 0 Å². The molecule has 0 saturated carbocycles. The van der Waals surface area contributed by atoms with Gasteiger partial charge in [0.2, 0.25) is 0 Å². The Morgan fingerprint density at radius 1 is 1.03 bits per heavy atom. The number of halogens is 3. The highest BCUT2D eigenvalue weighted by Gasteiger charge is 2.31. The zero-order valence-electron chi connectivity index (χ0n) is 19.7. The Bertz CT molecular complexity index is 1700. The fourth-order valence-electron chi connectivity index (χ4n) is 3.73. The highest BCUT2D eigenvalue weighted by Crippen LogP contribution is 2.29. The van der Waals surface area contributed by atoms with Crippen molar-refractivity contribution in [1.29, 1.82) is 0 Å². The standard InChI is InChI=1S/C27H19F3N6O/c1-17-3-7-21(34-26(37)24-13-20(9-10-31-24)27(28,29)30)12-19(17)6-4-18-5-8-25-23(11-18)32-16-36(25)22-14-33-35(2)15-22/h3,5,7-16H,1-2H3,(H,34,37). The van der Waals surface area contributed by atoms with Crippen LogP contribution in [0.4, 0.5) is 18.9 Å². The number of pyridine rings is 1. The molecule has 0 bridgehead atoms. The summed E-state index contributed by atoms with van der Waals surface area (Å²) in [4.78, 5) is 20.7. The predicted molar refractivity (Wildman–Crippen MR) is 132 cm³/mol. The number of hydrogen-bond acceptors (Lipinski definition) is 4. The second kappa shape index (κ2) is 9.28. The van der Waals surface area contributed by atoms with Crippen LogP contribution in [-0.2, 0) is 13.2 Å². The maximum atomic E-state index is 13.0. The molecule has 184 valence electrons. The van der Waals surface area contributed by atoms with Gasteiger partial charge in [0, 0.05) is 36.3 Å². The van der Waals surface area contributed by atoms with Gasteiger partial charge in [0.15, 0.2) is 0 Å². The number of rotatable bonds is 3. The number of aromatic nitrogens is 5. The third kappa shape index (κ3) is 5.06. The lowest BCUT2D eigenvalue weighted by Gasteiger charge is -2.09. The number of imidazole rings is 1. The van der Waals surface area contributed by atoms with Crippen LogP contribution >= 0.6 is 0 Å². The highest BCUT2D eigenvalue weighted by atomic mass is 19.4. The summed E-state index contributed by atoms with van der Waals surface area (Å²) in [6.07, 6.45) is 1.78. The lowest BCUT2D eigenvalue weighted by atomic mass is 10.1. The number of fused-ring (bicyclic) bond motifs is 1. The van der Waals surface area contributed by atoms with Crippen LogP contribution < -0.4 is 5.32 Å². The van der Waals surface area contributed by atoms with Crippen molar-refractivity contribution in [3.63, 3.8) is 0 Å². The summed E-state index contributed by atoms with van der Waals surface area (Å²) >= 11 is 0. The van der Waals surface area contributed by atoms with E-state index in [0.29, 0.717) is 11.3 Å². The third-order valence-electron chi connectivity index (χ3n) is 5.67. The van der Waals surface area contributed by atoms with Crippen LogP contribution in [0, 0.1) is 18.8 Å². The average molecular weight is 500 g/mol. The molecule has 5 rings (SSSR count). The van der Waals surface area contributed by atoms with Crippen molar-refractivity contribution in [3.05, 3.63) is 101 Å². The van der Waals surface area contributed by atoms with Crippen molar-refractivity contribution in [2.75, 3.05) is 5.32 Å². The molecule has 2 aromatic carbocycles. The van der Waals surface area contributed by atoms with Crippen LogP contribution in [0.1, 0.15) is 32.7 Å². The van der Waals surface area contributed by atoms with Crippen LogP contribution in [0.15, 0.2) is 73.4 Å². The third-order valence-corrected chi connectivity index (χ3v) is 5.67. The Balaban J connectivity index is 1.37. The fourth-order valence-corrected chi connectivity index (χ4v) is 3.73. The van der Waals surface area contributed by atoms with E-state index in [1.165, 1.54) is 0 Å². The van der Waals surface area contributed by atoms with Crippen molar-refractivity contribution in [2.45, 2.75) is 13.1 Å². The largest absolute Gasteiger partial charge is 0.416 e. The van der Waals surface area contributed by atoms with Crippen molar-refractivity contribution in [3.8, 4) is 17.5 Å². The zero-order valence-corrected chi connectivity index (χ0v) is 19.7. The molecule has 3 aromatic heterocycles. The van der Waals surface area contributed by atoms with E-state index in [1.807, 2.05) is 42.9 Å². The molecule has 0 aliphatic rings. The molecule has 0 fully saturated rings. The van der Waals surface area contributed by atoms with Crippen molar-refractivity contribution in [2.24, 2.45) is 7.05 Å². The molecule has 1 amide bonds. The maximum absolute atomic E-state index is 13.0. The summed E-state index contributed by atoms with van der Waals surface area (Å²) in [7, 11) is 1.85. The summed E-state index contributed by atoms with van der Waals surface area (Å²) in [6, 6.07) is 12.3. The Labute approximate surface area is 209 Å². The summed E-state index contributed by atoms with van der Waals surface area (Å²) in [6.45, 7) is 1.88. The molecule has 5 aromatic rings. The first kappa shape index (κ1) is 23.8. The number of hydrogen-bond donors (Lipinski definition) is 1. The first-order valence-electron chi connectivity index (χ1n) is 11.1. The molecule has 7 nitrogen and oxygen atoms in total. The summed E-state index contributed by atoms with van der Waals surface area (Å²) in [5.41, 5.74) is 4.02. The maximum Gasteiger partial charge on any atom is 0.416 e. The number of aryl methyl sites for hydroxylation is 2. The number of alkyl halides is 3. The average Bonchev–Trinajstić information content (AvgIpc) is 3.49. The molecule has 0 spiro atoms. The minimum absolute atomic E-state index is 0.331. The van der Waals surface area contributed by atoms with Crippen molar-refractivity contribution < 1.29 is 18.0 Å². The van der Waals surface area contributed by atoms with Crippen LogP contribution in [0.25, 0.3) is 16.7 Å². The molecule has 0 atom stereocenters. The summed E-state index contributed by atoms with van der Waals surface area (Å²) < 4.78 is 42.5. The number of amides is 1. The number of nitrogens with zero attached hydrogens (tertiary/aromatic N) is 5. The molecular weight excluding hydrogens is 481 g/mol. The number of benzene rings is 2. The van der Waals surface area contributed by atoms with Gasteiger partial charge in [-0.15, -0.1) is 0 Å². The van der Waals surface area contributed by atoms with E-state index in [4.69, 9.17) is 0 Å². The van der Waals surface area contributed by atoms with Crippen LogP contribution in [0.3, 0.4) is 0 Å². The second-order valence-corrected chi connectivity index (χ2v) is 8.35. The number of carbonyl (C=O) groups is 1. The van der Waals surface area contributed by atoms with Crippen LogP contribution in [-0.4, -0.2) is 30.2 Å².